The molecule has 0 spiro atoms. The van der Waals surface area contributed by atoms with Crippen LogP contribution in [0.4, 0.5) is 0 Å². The summed E-state index contributed by atoms with van der Waals surface area (Å²) in [5.74, 6) is 1.49. The fraction of sp³-hybridized carbons (Fsp3) is 0.538. The highest BCUT2D eigenvalue weighted by Crippen LogP contribution is 2.26. The van der Waals surface area contributed by atoms with Gasteiger partial charge < -0.3 is 15.6 Å². The number of phenolic OH excluding ortho intramolecular Hbond substituents is 1. The second-order valence-electron chi connectivity index (χ2n) is 4.83. The van der Waals surface area contributed by atoms with Gasteiger partial charge in [-0.1, -0.05) is 13.0 Å². The van der Waals surface area contributed by atoms with Crippen molar-refractivity contribution in [2.24, 2.45) is 11.7 Å². The maximum Gasteiger partial charge on any atom is 0.123 e. The van der Waals surface area contributed by atoms with Crippen molar-refractivity contribution in [3.8, 4) is 11.5 Å². The van der Waals surface area contributed by atoms with Crippen LogP contribution in [-0.2, 0) is 6.54 Å². The van der Waals surface area contributed by atoms with Crippen LogP contribution in [0.2, 0.25) is 0 Å². The number of likely N-dealkylation sites (tertiary alicyclic amines) is 1. The minimum atomic E-state index is 0.246. The highest BCUT2D eigenvalue weighted by atomic mass is 16.5. The van der Waals surface area contributed by atoms with Gasteiger partial charge in [-0.05, 0) is 12.0 Å². The van der Waals surface area contributed by atoms with Crippen molar-refractivity contribution in [1.82, 2.24) is 4.90 Å². The number of ether oxygens (including phenoxy) is 1. The first-order chi connectivity index (χ1) is 8.10. The molecule has 94 valence electrons. The van der Waals surface area contributed by atoms with Crippen molar-refractivity contribution in [2.45, 2.75) is 19.5 Å². The summed E-state index contributed by atoms with van der Waals surface area (Å²) in [7, 11) is 1.59. The fourth-order valence-electron chi connectivity index (χ4n) is 2.27. The summed E-state index contributed by atoms with van der Waals surface area (Å²) >= 11 is 0. The van der Waals surface area contributed by atoms with E-state index in [0.29, 0.717) is 11.7 Å². The maximum atomic E-state index is 9.88. The van der Waals surface area contributed by atoms with E-state index in [9.17, 15) is 5.11 Å². The van der Waals surface area contributed by atoms with Gasteiger partial charge in [0.05, 0.1) is 7.11 Å². The molecule has 3 N–H and O–H groups in total. The minimum absolute atomic E-state index is 0.246. The first-order valence-electron chi connectivity index (χ1n) is 5.94. The highest BCUT2D eigenvalue weighted by molar-refractivity contribution is 5.39. The van der Waals surface area contributed by atoms with E-state index < -0.39 is 0 Å². The molecule has 0 bridgehead atoms. The summed E-state index contributed by atoms with van der Waals surface area (Å²) in [4.78, 5) is 2.27. The van der Waals surface area contributed by atoms with Crippen LogP contribution in [0.3, 0.4) is 0 Å². The molecule has 17 heavy (non-hydrogen) atoms. The number of hydrogen-bond donors (Lipinski definition) is 2. The average Bonchev–Trinajstić information content (AvgIpc) is 2.61. The number of aromatic hydroxyl groups is 1. The quantitative estimate of drug-likeness (QED) is 0.827. The number of nitrogens with zero attached hydrogens (tertiary/aromatic N) is 1. The average molecular weight is 236 g/mol. The lowest BCUT2D eigenvalue weighted by atomic mass is 10.1. The van der Waals surface area contributed by atoms with E-state index in [1.54, 1.807) is 13.2 Å². The number of nitrogens with two attached hydrogens (primary N) is 1. The minimum Gasteiger partial charge on any atom is -0.507 e. The van der Waals surface area contributed by atoms with Crippen LogP contribution in [-0.4, -0.2) is 36.2 Å². The molecular weight excluding hydrogens is 216 g/mol. The lowest BCUT2D eigenvalue weighted by Gasteiger charge is -2.16. The third kappa shape index (κ3) is 2.70. The fourth-order valence-corrected chi connectivity index (χ4v) is 2.27. The first kappa shape index (κ1) is 12.2. The summed E-state index contributed by atoms with van der Waals surface area (Å²) in [6.07, 6.45) is 0. The Balaban J connectivity index is 2.04. The van der Waals surface area contributed by atoms with Crippen molar-refractivity contribution >= 4 is 0 Å². The molecule has 1 aliphatic heterocycles. The van der Waals surface area contributed by atoms with Crippen LogP contribution >= 0.6 is 0 Å². The molecule has 2 atom stereocenters. The monoisotopic (exact) mass is 236 g/mol. The summed E-state index contributed by atoms with van der Waals surface area (Å²) in [5.41, 5.74) is 6.91. The Morgan fingerprint density at radius 1 is 1.47 bits per heavy atom. The highest BCUT2D eigenvalue weighted by Gasteiger charge is 2.26. The van der Waals surface area contributed by atoms with Gasteiger partial charge in [0.2, 0.25) is 0 Å². The molecule has 0 aliphatic carbocycles. The van der Waals surface area contributed by atoms with Gasteiger partial charge in [0.15, 0.2) is 0 Å². The summed E-state index contributed by atoms with van der Waals surface area (Å²) < 4.78 is 5.06. The zero-order valence-corrected chi connectivity index (χ0v) is 10.4. The second-order valence-corrected chi connectivity index (χ2v) is 4.83. The molecule has 1 aromatic carbocycles. The van der Waals surface area contributed by atoms with Gasteiger partial charge in [0.25, 0.3) is 0 Å². The normalized spacial score (nSPS) is 25.1. The molecule has 0 saturated carbocycles. The molecule has 1 aliphatic rings. The molecule has 1 saturated heterocycles. The SMILES string of the molecule is COc1ccc(CN2CC(C)C(N)C2)c(O)c1. The van der Waals surface area contributed by atoms with E-state index in [0.717, 1.165) is 25.2 Å². The van der Waals surface area contributed by atoms with E-state index >= 15 is 0 Å². The molecule has 0 aromatic heterocycles. The molecular formula is C13H20N2O2. The van der Waals surface area contributed by atoms with E-state index in [4.69, 9.17) is 10.5 Å². The molecule has 1 fully saturated rings. The maximum absolute atomic E-state index is 9.88. The van der Waals surface area contributed by atoms with Crippen molar-refractivity contribution in [3.63, 3.8) is 0 Å². The van der Waals surface area contributed by atoms with Gasteiger partial charge in [-0.15, -0.1) is 0 Å². The predicted octanol–water partition coefficient (Wildman–Crippen LogP) is 1.18. The summed E-state index contributed by atoms with van der Waals surface area (Å²) in [5, 5.41) is 9.88. The van der Waals surface area contributed by atoms with Crippen LogP contribution in [0.25, 0.3) is 0 Å². The molecule has 2 rings (SSSR count). The molecule has 1 heterocycles. The molecule has 1 aromatic rings. The number of benzene rings is 1. The Bertz CT molecular complexity index is 385. The van der Waals surface area contributed by atoms with Gasteiger partial charge in [-0.3, -0.25) is 4.90 Å². The molecule has 2 unspecified atom stereocenters. The number of hydrogen-bond acceptors (Lipinski definition) is 4. The number of methoxy groups -OCH3 is 1. The largest absolute Gasteiger partial charge is 0.507 e. The third-order valence-corrected chi connectivity index (χ3v) is 3.43. The summed E-state index contributed by atoms with van der Waals surface area (Å²) in [6.45, 7) is 4.80. The van der Waals surface area contributed by atoms with E-state index in [-0.39, 0.29) is 11.8 Å². The third-order valence-electron chi connectivity index (χ3n) is 3.43. The Hall–Kier alpha value is -1.26. The first-order valence-corrected chi connectivity index (χ1v) is 5.94. The number of rotatable bonds is 3. The lowest BCUT2D eigenvalue weighted by Crippen LogP contribution is -2.28. The van der Waals surface area contributed by atoms with Gasteiger partial charge in [0, 0.05) is 37.3 Å². The van der Waals surface area contributed by atoms with Crippen LogP contribution in [0, 0.1) is 5.92 Å². The predicted molar refractivity (Wildman–Crippen MR) is 67.1 cm³/mol. The Kier molecular flexibility index (Phi) is 3.54. The van der Waals surface area contributed by atoms with E-state index in [1.807, 2.05) is 12.1 Å². The Morgan fingerprint density at radius 2 is 2.24 bits per heavy atom. The van der Waals surface area contributed by atoms with Crippen molar-refractivity contribution in [1.29, 1.82) is 0 Å². The molecule has 4 nitrogen and oxygen atoms in total. The second kappa shape index (κ2) is 4.94. The molecule has 0 radical (unpaired) electrons. The van der Waals surface area contributed by atoms with Gasteiger partial charge in [0.1, 0.15) is 11.5 Å². The van der Waals surface area contributed by atoms with Crippen molar-refractivity contribution in [2.75, 3.05) is 20.2 Å². The van der Waals surface area contributed by atoms with E-state index in [1.165, 1.54) is 0 Å². The van der Waals surface area contributed by atoms with Crippen LogP contribution in [0.1, 0.15) is 12.5 Å². The van der Waals surface area contributed by atoms with Crippen LogP contribution in [0.5, 0.6) is 11.5 Å². The Labute approximate surface area is 102 Å². The van der Waals surface area contributed by atoms with Crippen LogP contribution in [0.15, 0.2) is 18.2 Å². The van der Waals surface area contributed by atoms with Gasteiger partial charge in [-0.2, -0.15) is 0 Å². The van der Waals surface area contributed by atoms with E-state index in [2.05, 4.69) is 11.8 Å². The molecule has 0 amide bonds. The topological polar surface area (TPSA) is 58.7 Å². The zero-order valence-electron chi connectivity index (χ0n) is 10.4. The van der Waals surface area contributed by atoms with Gasteiger partial charge >= 0.3 is 0 Å². The standard InChI is InChI=1S/C13H20N2O2/c1-9-6-15(8-12(9)14)7-10-3-4-11(17-2)5-13(10)16/h3-5,9,12,16H,6-8,14H2,1-2H3. The molecule has 4 heteroatoms. The lowest BCUT2D eigenvalue weighted by molar-refractivity contribution is 0.312. The van der Waals surface area contributed by atoms with Crippen LogP contribution < -0.4 is 10.5 Å². The summed E-state index contributed by atoms with van der Waals surface area (Å²) in [6, 6.07) is 5.67. The zero-order chi connectivity index (χ0) is 12.4. The van der Waals surface area contributed by atoms with Gasteiger partial charge in [-0.25, -0.2) is 0 Å². The Morgan fingerprint density at radius 3 is 2.76 bits per heavy atom. The van der Waals surface area contributed by atoms with Crippen molar-refractivity contribution < 1.29 is 9.84 Å². The van der Waals surface area contributed by atoms with Crippen molar-refractivity contribution in [3.05, 3.63) is 23.8 Å². The smallest absolute Gasteiger partial charge is 0.123 e. The number of phenols is 1.